The summed E-state index contributed by atoms with van der Waals surface area (Å²) in [6.07, 6.45) is 3.55. The molecule has 2 aromatic rings. The monoisotopic (exact) mass is 357 g/mol. The predicted molar refractivity (Wildman–Crippen MR) is 91.6 cm³/mol. The van der Waals surface area contributed by atoms with E-state index in [9.17, 15) is 9.59 Å². The molecule has 9 heteroatoms. The van der Waals surface area contributed by atoms with Gasteiger partial charge in [0.05, 0.1) is 31.2 Å². The van der Waals surface area contributed by atoms with Crippen molar-refractivity contribution in [2.45, 2.75) is 39.4 Å². The summed E-state index contributed by atoms with van der Waals surface area (Å²) in [5.41, 5.74) is 1.94. The average molecular weight is 357 g/mol. The Balaban J connectivity index is 1.64. The predicted octanol–water partition coefficient (Wildman–Crippen LogP) is 0.272. The summed E-state index contributed by atoms with van der Waals surface area (Å²) in [5.74, 6) is 0.436. The number of likely N-dealkylation sites (tertiary alicyclic amines) is 1. The minimum Gasteiger partial charge on any atom is -0.335 e. The Morgan fingerprint density at radius 3 is 2.81 bits per heavy atom. The summed E-state index contributed by atoms with van der Waals surface area (Å²) >= 11 is 0. The van der Waals surface area contributed by atoms with Crippen LogP contribution in [0.1, 0.15) is 36.5 Å². The van der Waals surface area contributed by atoms with Crippen LogP contribution in [-0.2, 0) is 29.7 Å². The van der Waals surface area contributed by atoms with Gasteiger partial charge in [-0.3, -0.25) is 14.3 Å². The number of carbonyl (C=O) groups is 2. The maximum atomic E-state index is 13.3. The van der Waals surface area contributed by atoms with Gasteiger partial charge in [-0.25, -0.2) is 9.67 Å². The van der Waals surface area contributed by atoms with Gasteiger partial charge < -0.3 is 9.80 Å². The summed E-state index contributed by atoms with van der Waals surface area (Å²) in [6.45, 7) is 6.17. The number of carbonyl (C=O) groups excluding carboxylic acids is 2. The maximum Gasteiger partial charge on any atom is 0.229 e. The lowest BCUT2D eigenvalue weighted by atomic mass is 9.92. The van der Waals surface area contributed by atoms with Crippen molar-refractivity contribution in [1.82, 2.24) is 34.3 Å². The van der Waals surface area contributed by atoms with Crippen LogP contribution in [0, 0.1) is 12.8 Å². The molecule has 0 saturated carbocycles. The minimum absolute atomic E-state index is 0.0109. The van der Waals surface area contributed by atoms with Crippen LogP contribution in [0.3, 0.4) is 0 Å². The zero-order chi connectivity index (χ0) is 18.4. The quantitative estimate of drug-likeness (QED) is 0.787. The molecule has 0 spiro atoms. The van der Waals surface area contributed by atoms with Crippen molar-refractivity contribution < 1.29 is 9.59 Å². The Bertz CT molecular complexity index is 855. The second-order valence-corrected chi connectivity index (χ2v) is 6.90. The SMILES string of the molecule is CCN1C(=O)C[C@H](C(=O)N2CCn3ncnc3C2)[C@H]1c1cnn(C)c1C. The molecule has 2 aromatic heterocycles. The zero-order valence-corrected chi connectivity index (χ0v) is 15.3. The first-order valence-corrected chi connectivity index (χ1v) is 8.94. The third-order valence-electron chi connectivity index (χ3n) is 5.60. The standard InChI is InChI=1S/C17H23N7O2/c1-4-23-15(25)7-12(16(23)13-8-19-21(3)11(13)2)17(26)22-5-6-24-14(9-22)18-10-20-24/h8,10,12,16H,4-7,9H2,1-3H3/t12-,16-/m0/s1. The number of hydrogen-bond acceptors (Lipinski definition) is 5. The van der Waals surface area contributed by atoms with Crippen molar-refractivity contribution in [3.8, 4) is 0 Å². The van der Waals surface area contributed by atoms with Crippen molar-refractivity contribution in [2.24, 2.45) is 13.0 Å². The Hall–Kier alpha value is -2.71. The van der Waals surface area contributed by atoms with Crippen LogP contribution in [0.15, 0.2) is 12.5 Å². The molecule has 2 aliphatic rings. The van der Waals surface area contributed by atoms with E-state index >= 15 is 0 Å². The van der Waals surface area contributed by atoms with Gasteiger partial charge in [0.2, 0.25) is 11.8 Å². The number of aryl methyl sites for hydroxylation is 1. The highest BCUT2D eigenvalue weighted by atomic mass is 16.2. The molecule has 0 radical (unpaired) electrons. The van der Waals surface area contributed by atoms with Crippen molar-refractivity contribution in [1.29, 1.82) is 0 Å². The number of nitrogens with zero attached hydrogens (tertiary/aromatic N) is 7. The first kappa shape index (κ1) is 16.7. The van der Waals surface area contributed by atoms with E-state index in [1.54, 1.807) is 20.7 Å². The summed E-state index contributed by atoms with van der Waals surface area (Å²) in [7, 11) is 1.88. The van der Waals surface area contributed by atoms with Crippen molar-refractivity contribution in [3.63, 3.8) is 0 Å². The zero-order valence-electron chi connectivity index (χ0n) is 15.3. The van der Waals surface area contributed by atoms with Crippen LogP contribution in [0.25, 0.3) is 0 Å². The fourth-order valence-corrected chi connectivity index (χ4v) is 4.06. The highest BCUT2D eigenvalue weighted by molar-refractivity contribution is 5.90. The van der Waals surface area contributed by atoms with E-state index in [0.717, 1.165) is 17.1 Å². The Morgan fingerprint density at radius 2 is 2.12 bits per heavy atom. The molecular formula is C17H23N7O2. The first-order chi connectivity index (χ1) is 12.5. The highest BCUT2D eigenvalue weighted by Gasteiger charge is 2.46. The molecule has 138 valence electrons. The minimum atomic E-state index is -0.389. The van der Waals surface area contributed by atoms with E-state index in [0.29, 0.717) is 26.2 Å². The number of aromatic nitrogens is 5. The van der Waals surface area contributed by atoms with Crippen molar-refractivity contribution in [2.75, 3.05) is 13.1 Å². The smallest absolute Gasteiger partial charge is 0.229 e. The van der Waals surface area contributed by atoms with Crippen LogP contribution in [0.5, 0.6) is 0 Å². The molecule has 0 bridgehead atoms. The van der Waals surface area contributed by atoms with Gasteiger partial charge in [-0.15, -0.1) is 0 Å². The summed E-state index contributed by atoms with van der Waals surface area (Å²) in [6, 6.07) is -0.256. The van der Waals surface area contributed by atoms with Gasteiger partial charge in [-0.1, -0.05) is 0 Å². The van der Waals surface area contributed by atoms with Crippen LogP contribution >= 0.6 is 0 Å². The molecule has 2 amide bonds. The third-order valence-corrected chi connectivity index (χ3v) is 5.60. The van der Waals surface area contributed by atoms with Gasteiger partial charge in [0.1, 0.15) is 12.2 Å². The van der Waals surface area contributed by atoms with E-state index in [1.165, 1.54) is 6.33 Å². The summed E-state index contributed by atoms with van der Waals surface area (Å²) < 4.78 is 3.61. The first-order valence-electron chi connectivity index (χ1n) is 8.94. The van der Waals surface area contributed by atoms with Gasteiger partial charge >= 0.3 is 0 Å². The largest absolute Gasteiger partial charge is 0.335 e. The molecule has 26 heavy (non-hydrogen) atoms. The molecule has 2 aliphatic heterocycles. The molecule has 4 heterocycles. The van der Waals surface area contributed by atoms with Gasteiger partial charge in [-0.2, -0.15) is 10.2 Å². The lowest BCUT2D eigenvalue weighted by molar-refractivity contribution is -0.138. The lowest BCUT2D eigenvalue weighted by Crippen LogP contribution is -2.43. The molecule has 4 rings (SSSR count). The number of hydrogen-bond donors (Lipinski definition) is 0. The second kappa shape index (κ2) is 6.22. The van der Waals surface area contributed by atoms with E-state index in [-0.39, 0.29) is 30.2 Å². The Labute approximate surface area is 151 Å². The molecule has 0 unspecified atom stereocenters. The highest BCUT2D eigenvalue weighted by Crippen LogP contribution is 2.40. The number of fused-ring (bicyclic) bond motifs is 1. The Kier molecular flexibility index (Phi) is 4.01. The normalized spacial score (nSPS) is 22.8. The van der Waals surface area contributed by atoms with E-state index in [2.05, 4.69) is 15.2 Å². The van der Waals surface area contributed by atoms with E-state index < -0.39 is 0 Å². The molecule has 0 aliphatic carbocycles. The molecule has 9 nitrogen and oxygen atoms in total. The van der Waals surface area contributed by atoms with Crippen molar-refractivity contribution in [3.05, 3.63) is 29.6 Å². The van der Waals surface area contributed by atoms with Gasteiger partial charge in [0.25, 0.3) is 0 Å². The summed E-state index contributed by atoms with van der Waals surface area (Å²) in [5, 5.41) is 8.47. The molecular weight excluding hydrogens is 334 g/mol. The number of rotatable bonds is 3. The van der Waals surface area contributed by atoms with Crippen molar-refractivity contribution >= 4 is 11.8 Å². The topological polar surface area (TPSA) is 89.2 Å². The molecule has 1 saturated heterocycles. The molecule has 0 aromatic carbocycles. The van der Waals surface area contributed by atoms with E-state index in [4.69, 9.17) is 0 Å². The Morgan fingerprint density at radius 1 is 1.31 bits per heavy atom. The summed E-state index contributed by atoms with van der Waals surface area (Å²) in [4.78, 5) is 33.7. The fraction of sp³-hybridized carbons (Fsp3) is 0.588. The van der Waals surface area contributed by atoms with Gasteiger partial charge in [0.15, 0.2) is 0 Å². The van der Waals surface area contributed by atoms with Gasteiger partial charge in [0, 0.05) is 37.8 Å². The maximum absolute atomic E-state index is 13.3. The van der Waals surface area contributed by atoms with Gasteiger partial charge in [-0.05, 0) is 13.8 Å². The van der Waals surface area contributed by atoms with Crippen LogP contribution in [0.2, 0.25) is 0 Å². The average Bonchev–Trinajstić information content (AvgIpc) is 3.32. The number of amides is 2. The second-order valence-electron chi connectivity index (χ2n) is 6.90. The molecule has 1 fully saturated rings. The molecule has 2 atom stereocenters. The molecule has 0 N–H and O–H groups in total. The van der Waals surface area contributed by atoms with Crippen LogP contribution < -0.4 is 0 Å². The third kappa shape index (κ3) is 2.49. The lowest BCUT2D eigenvalue weighted by Gasteiger charge is -2.32. The fourth-order valence-electron chi connectivity index (χ4n) is 4.06. The van der Waals surface area contributed by atoms with Crippen LogP contribution in [0.4, 0.5) is 0 Å². The van der Waals surface area contributed by atoms with Crippen LogP contribution in [-0.4, -0.2) is 59.2 Å². The van der Waals surface area contributed by atoms with E-state index in [1.807, 2.05) is 25.6 Å².